The number of fused-ring (bicyclic) bond motifs is 1. The number of hydrogen-bond acceptors (Lipinski definition) is 11. The van der Waals surface area contributed by atoms with Gasteiger partial charge in [0, 0.05) is 48.2 Å². The van der Waals surface area contributed by atoms with Gasteiger partial charge < -0.3 is 40.4 Å². The van der Waals surface area contributed by atoms with Crippen LogP contribution >= 0.6 is 11.3 Å². The lowest BCUT2D eigenvalue weighted by atomic mass is 9.85. The molecule has 1 aromatic carbocycles. The zero-order valence-corrected chi connectivity index (χ0v) is 34.5. The maximum atomic E-state index is 14.7. The van der Waals surface area contributed by atoms with Crippen LogP contribution in [-0.4, -0.2) is 95.1 Å². The summed E-state index contributed by atoms with van der Waals surface area (Å²) in [7, 11) is 2.81. The fourth-order valence-corrected chi connectivity index (χ4v) is 7.32. The molecule has 2 fully saturated rings. The molecule has 1 aliphatic heterocycles. The molecule has 0 spiro atoms. The largest absolute Gasteiger partial charge is 0.497 e. The summed E-state index contributed by atoms with van der Waals surface area (Å²) < 4.78 is 17.2. The number of rotatable bonds is 12. The van der Waals surface area contributed by atoms with E-state index in [0.717, 1.165) is 0 Å². The zero-order valence-electron chi connectivity index (χ0n) is 33.7. The average molecular weight is 792 g/mol. The van der Waals surface area contributed by atoms with Crippen molar-refractivity contribution in [2.75, 3.05) is 26.1 Å². The maximum Gasteiger partial charge on any atom is 0.332 e. The van der Waals surface area contributed by atoms with Gasteiger partial charge in [-0.2, -0.15) is 0 Å². The molecule has 3 aromatic rings. The van der Waals surface area contributed by atoms with Gasteiger partial charge in [0.05, 0.1) is 32.0 Å². The number of carbonyl (C=O) groups excluding carboxylic acids is 5. The minimum atomic E-state index is -1.30. The van der Waals surface area contributed by atoms with Crippen molar-refractivity contribution in [1.29, 1.82) is 0 Å². The van der Waals surface area contributed by atoms with Gasteiger partial charge in [-0.1, -0.05) is 47.6 Å². The van der Waals surface area contributed by atoms with Gasteiger partial charge in [0.2, 0.25) is 17.7 Å². The number of nitrogens with zero attached hydrogens (tertiary/aromatic N) is 3. The van der Waals surface area contributed by atoms with Crippen LogP contribution in [-0.2, 0) is 23.9 Å². The van der Waals surface area contributed by atoms with Crippen molar-refractivity contribution < 1.29 is 38.2 Å². The second-order valence-electron chi connectivity index (χ2n) is 16.6. The Labute approximate surface area is 331 Å². The molecule has 3 unspecified atom stereocenters. The van der Waals surface area contributed by atoms with Crippen LogP contribution < -0.4 is 30.7 Å². The summed E-state index contributed by atoms with van der Waals surface area (Å²) in [6.07, 6.45) is 1.26. The summed E-state index contributed by atoms with van der Waals surface area (Å²) in [5.41, 5.74) is -0.798. The normalized spacial score (nSPS) is 21.7. The molecule has 2 aliphatic rings. The van der Waals surface area contributed by atoms with Crippen LogP contribution in [0.1, 0.15) is 68.2 Å². The Hall–Kier alpha value is -5.25. The van der Waals surface area contributed by atoms with Crippen LogP contribution in [0.4, 0.5) is 9.93 Å². The molecule has 5 amide bonds. The van der Waals surface area contributed by atoms with Crippen LogP contribution in [0.2, 0.25) is 0 Å². The summed E-state index contributed by atoms with van der Waals surface area (Å²) >= 11 is 1.25. The molecular weight excluding hydrogens is 739 g/mol. The number of ether oxygens (including phenoxy) is 3. The molecular formula is C40H53N7O8S. The quantitative estimate of drug-likeness (QED) is 0.143. The second kappa shape index (κ2) is 16.1. The highest BCUT2D eigenvalue weighted by Gasteiger charge is 2.62. The third-order valence-corrected chi connectivity index (χ3v) is 11.2. The first-order valence-corrected chi connectivity index (χ1v) is 19.4. The van der Waals surface area contributed by atoms with Crippen LogP contribution in [0.5, 0.6) is 11.5 Å². The number of pyridine rings is 1. The Morgan fingerprint density at radius 3 is 2.32 bits per heavy atom. The van der Waals surface area contributed by atoms with Crippen LogP contribution in [0.3, 0.4) is 0 Å². The van der Waals surface area contributed by atoms with Crippen LogP contribution in [0.15, 0.2) is 42.3 Å². The second-order valence-corrected chi connectivity index (χ2v) is 17.5. The number of likely N-dealkylation sites (tertiary alicyclic amines) is 1. The van der Waals surface area contributed by atoms with Crippen molar-refractivity contribution in [3.8, 4) is 22.9 Å². The lowest BCUT2D eigenvalue weighted by Crippen LogP contribution is -2.61. The van der Waals surface area contributed by atoms with Crippen molar-refractivity contribution in [2.45, 2.75) is 98.0 Å². The molecule has 15 nitrogen and oxygen atoms in total. The third-order valence-electron chi connectivity index (χ3n) is 10.4. The predicted molar refractivity (Wildman–Crippen MR) is 213 cm³/mol. The number of methoxy groups -OCH3 is 2. The van der Waals surface area contributed by atoms with E-state index in [0.29, 0.717) is 45.3 Å². The summed E-state index contributed by atoms with van der Waals surface area (Å²) in [6, 6.07) is 4.23. The highest BCUT2D eigenvalue weighted by atomic mass is 32.1. The molecule has 1 saturated heterocycles. The van der Waals surface area contributed by atoms with E-state index in [1.165, 1.54) is 30.3 Å². The van der Waals surface area contributed by atoms with Crippen molar-refractivity contribution in [1.82, 2.24) is 30.8 Å². The Morgan fingerprint density at radius 2 is 1.73 bits per heavy atom. The van der Waals surface area contributed by atoms with Crippen molar-refractivity contribution >= 4 is 57.1 Å². The van der Waals surface area contributed by atoms with E-state index < -0.39 is 53.0 Å². The Morgan fingerprint density at radius 1 is 1.02 bits per heavy atom. The number of thiazole rings is 1. The molecule has 3 heterocycles. The van der Waals surface area contributed by atoms with E-state index in [4.69, 9.17) is 19.2 Å². The van der Waals surface area contributed by atoms with Gasteiger partial charge in [-0.15, -0.1) is 17.9 Å². The van der Waals surface area contributed by atoms with E-state index in [2.05, 4.69) is 32.8 Å². The molecule has 0 radical (unpaired) electrons. The number of aromatic nitrogens is 2. The number of amides is 5. The molecule has 56 heavy (non-hydrogen) atoms. The SMILES string of the molecule is C=CC1C[C@]1(NC(=O)[C@@H]1CC(Oc2cc(-c3csc(NC(C)=O)n3)nc3cc(OC)ccc23)CN1C(=O)[C@@H](NC(=O)NC(C)C(C)(C)C)C(C)(C)C)C(=O)OC. The lowest BCUT2D eigenvalue weighted by Gasteiger charge is -2.36. The van der Waals surface area contributed by atoms with Gasteiger partial charge in [-0.25, -0.2) is 19.6 Å². The number of nitrogens with one attached hydrogen (secondary N) is 4. The van der Waals surface area contributed by atoms with Crippen LogP contribution in [0, 0.1) is 16.7 Å². The highest BCUT2D eigenvalue weighted by Crippen LogP contribution is 2.46. The van der Waals surface area contributed by atoms with Gasteiger partial charge in [0.1, 0.15) is 40.9 Å². The van der Waals surface area contributed by atoms with E-state index in [1.54, 1.807) is 36.8 Å². The molecule has 0 bridgehead atoms. The van der Waals surface area contributed by atoms with E-state index in [1.807, 2.05) is 54.5 Å². The van der Waals surface area contributed by atoms with Gasteiger partial charge >= 0.3 is 12.0 Å². The Balaban J connectivity index is 1.51. The molecule has 2 aromatic heterocycles. The fourth-order valence-electron chi connectivity index (χ4n) is 6.57. The zero-order chi connectivity index (χ0) is 41.3. The number of benzene rings is 1. The summed E-state index contributed by atoms with van der Waals surface area (Å²) in [5.74, 6) is -1.26. The fraction of sp³-hybridized carbons (Fsp3) is 0.525. The molecule has 6 atom stereocenters. The monoisotopic (exact) mass is 791 g/mol. The van der Waals surface area contributed by atoms with Gasteiger partial charge in [-0.3, -0.25) is 14.4 Å². The van der Waals surface area contributed by atoms with Crippen molar-refractivity contribution in [3.63, 3.8) is 0 Å². The molecule has 4 N–H and O–H groups in total. The smallest absolute Gasteiger partial charge is 0.332 e. The number of esters is 1. The minimum Gasteiger partial charge on any atom is -0.497 e. The lowest BCUT2D eigenvalue weighted by molar-refractivity contribution is -0.148. The molecule has 1 saturated carbocycles. The maximum absolute atomic E-state index is 14.7. The summed E-state index contributed by atoms with van der Waals surface area (Å²) in [6.45, 7) is 18.6. The topological polar surface area (TPSA) is 190 Å². The predicted octanol–water partition coefficient (Wildman–Crippen LogP) is 5.06. The van der Waals surface area contributed by atoms with Crippen LogP contribution in [0.25, 0.3) is 22.3 Å². The minimum absolute atomic E-state index is 0.0139. The first-order valence-electron chi connectivity index (χ1n) is 18.5. The first kappa shape index (κ1) is 41.9. The third kappa shape index (κ3) is 9.06. The molecule has 16 heteroatoms. The average Bonchev–Trinajstić information content (AvgIpc) is 3.40. The Kier molecular flexibility index (Phi) is 12.0. The van der Waals surface area contributed by atoms with E-state index >= 15 is 0 Å². The van der Waals surface area contributed by atoms with E-state index in [9.17, 15) is 24.0 Å². The van der Waals surface area contributed by atoms with Gasteiger partial charge in [-0.05, 0) is 36.3 Å². The number of anilines is 1. The number of hydrogen-bond donors (Lipinski definition) is 4. The molecule has 1 aliphatic carbocycles. The summed E-state index contributed by atoms with van der Waals surface area (Å²) in [4.78, 5) is 77.7. The summed E-state index contributed by atoms with van der Waals surface area (Å²) in [5, 5.41) is 14.2. The number of urea groups is 1. The van der Waals surface area contributed by atoms with E-state index in [-0.39, 0.29) is 36.2 Å². The molecule has 302 valence electrons. The van der Waals surface area contributed by atoms with Gasteiger partial charge in [0.15, 0.2) is 5.13 Å². The first-order chi connectivity index (χ1) is 26.2. The highest BCUT2D eigenvalue weighted by molar-refractivity contribution is 7.14. The number of carbonyl (C=O) groups is 5. The Bertz CT molecular complexity index is 2020. The molecule has 5 rings (SSSR count). The van der Waals surface area contributed by atoms with Crippen molar-refractivity contribution in [3.05, 3.63) is 42.3 Å². The van der Waals surface area contributed by atoms with Crippen molar-refractivity contribution in [2.24, 2.45) is 16.7 Å². The standard InChI is InChI=1S/C40H53N7O8S/c1-12-23-18-40(23,35(51)54-11)46-33(49)30-16-25(19-47(30)34(50)32(39(7,8)9)45-36(52)41-21(2)38(4,5)6)55-31-17-28(29-20-56-37(44-29)42-22(3)48)43-27-15-24(53-10)13-14-26(27)31/h12-15,17,20-21,23,25,30,32H,1,16,18-19H2,2-11H3,(H,46,49)(H2,41,45,52)(H,42,44,48)/t21?,23?,25?,30-,32+,40+/m0/s1. The van der Waals surface area contributed by atoms with Gasteiger partial charge in [0.25, 0.3) is 0 Å².